The van der Waals surface area contributed by atoms with E-state index in [4.69, 9.17) is 4.74 Å². The predicted molar refractivity (Wildman–Crippen MR) is 84.2 cm³/mol. The molecule has 1 aliphatic rings. The summed E-state index contributed by atoms with van der Waals surface area (Å²) in [4.78, 5) is 8.01. The number of ether oxygens (including phenoxy) is 1. The van der Waals surface area contributed by atoms with Crippen molar-refractivity contribution in [1.29, 1.82) is 0 Å². The van der Waals surface area contributed by atoms with Gasteiger partial charge in [-0.2, -0.15) is 0 Å². The minimum atomic E-state index is 0.383. The van der Waals surface area contributed by atoms with Crippen molar-refractivity contribution in [3.05, 3.63) is 41.9 Å². The first-order valence-electron chi connectivity index (χ1n) is 7.73. The van der Waals surface area contributed by atoms with Crippen molar-refractivity contribution in [2.24, 2.45) is 0 Å². The molecular formula is C17H23N3O. The Kier molecular flexibility index (Phi) is 4.68. The molecule has 0 aliphatic carbocycles. The lowest BCUT2D eigenvalue weighted by Gasteiger charge is -2.21. The normalized spacial score (nSPS) is 18.8. The average molecular weight is 285 g/mol. The molecule has 0 saturated carbocycles. The van der Waals surface area contributed by atoms with Crippen molar-refractivity contribution in [2.45, 2.75) is 31.7 Å². The summed E-state index contributed by atoms with van der Waals surface area (Å²) in [5.41, 5.74) is 3.58. The number of benzene rings is 1. The summed E-state index contributed by atoms with van der Waals surface area (Å²) < 4.78 is 5.11. The summed E-state index contributed by atoms with van der Waals surface area (Å²) in [7, 11) is 1.74. The number of hydrogen-bond acceptors (Lipinski definition) is 3. The fourth-order valence-corrected chi connectivity index (χ4v) is 2.82. The third-order valence-electron chi connectivity index (χ3n) is 4.10. The molecular weight excluding hydrogens is 262 g/mol. The molecule has 3 rings (SSSR count). The number of rotatable bonds is 5. The molecule has 1 fully saturated rings. The van der Waals surface area contributed by atoms with Crippen LogP contribution >= 0.6 is 0 Å². The largest absolute Gasteiger partial charge is 0.384 e. The smallest absolute Gasteiger partial charge is 0.123 e. The highest BCUT2D eigenvalue weighted by Crippen LogP contribution is 2.24. The van der Waals surface area contributed by atoms with Gasteiger partial charge < -0.3 is 15.0 Å². The standard InChI is InChI=1S/C17H23N3O/c1-21-11-9-13-5-7-14(8-6-13)16-12-19-17(20-16)15-4-2-3-10-18-15/h5-8,12,15,18H,2-4,9-11H2,1H3,(H,19,20). The van der Waals surface area contributed by atoms with Gasteiger partial charge >= 0.3 is 0 Å². The van der Waals surface area contributed by atoms with Gasteiger partial charge in [0.2, 0.25) is 0 Å². The summed E-state index contributed by atoms with van der Waals surface area (Å²) >= 11 is 0. The van der Waals surface area contributed by atoms with E-state index >= 15 is 0 Å². The van der Waals surface area contributed by atoms with Crippen LogP contribution < -0.4 is 5.32 Å². The molecule has 0 bridgehead atoms. The van der Waals surface area contributed by atoms with Crippen LogP contribution in [-0.4, -0.2) is 30.2 Å². The van der Waals surface area contributed by atoms with Crippen LogP contribution in [0, 0.1) is 0 Å². The van der Waals surface area contributed by atoms with E-state index in [0.717, 1.165) is 31.1 Å². The lowest BCUT2D eigenvalue weighted by molar-refractivity contribution is 0.202. The number of nitrogens with zero attached hydrogens (tertiary/aromatic N) is 1. The Balaban J connectivity index is 1.70. The number of piperidine rings is 1. The van der Waals surface area contributed by atoms with Crippen LogP contribution in [0.15, 0.2) is 30.5 Å². The zero-order valence-electron chi connectivity index (χ0n) is 12.6. The summed E-state index contributed by atoms with van der Waals surface area (Å²) in [6.07, 6.45) is 6.62. The Hall–Kier alpha value is -1.65. The molecule has 1 atom stereocenters. The summed E-state index contributed by atoms with van der Waals surface area (Å²) in [6.45, 7) is 1.86. The van der Waals surface area contributed by atoms with Crippen molar-refractivity contribution in [3.8, 4) is 11.3 Å². The fourth-order valence-electron chi connectivity index (χ4n) is 2.82. The highest BCUT2D eigenvalue weighted by atomic mass is 16.5. The zero-order chi connectivity index (χ0) is 14.5. The third kappa shape index (κ3) is 3.52. The fraction of sp³-hybridized carbons (Fsp3) is 0.471. The monoisotopic (exact) mass is 285 g/mol. The molecule has 1 aliphatic heterocycles. The molecule has 112 valence electrons. The van der Waals surface area contributed by atoms with Crippen molar-refractivity contribution in [1.82, 2.24) is 15.3 Å². The van der Waals surface area contributed by atoms with Crippen molar-refractivity contribution < 1.29 is 4.74 Å². The molecule has 21 heavy (non-hydrogen) atoms. The number of aromatic amines is 1. The number of aromatic nitrogens is 2. The van der Waals surface area contributed by atoms with Gasteiger partial charge in [-0.3, -0.25) is 0 Å². The van der Waals surface area contributed by atoms with Gasteiger partial charge in [0, 0.05) is 7.11 Å². The Morgan fingerprint density at radius 1 is 1.24 bits per heavy atom. The number of hydrogen-bond donors (Lipinski definition) is 2. The van der Waals surface area contributed by atoms with E-state index in [2.05, 4.69) is 39.6 Å². The van der Waals surface area contributed by atoms with E-state index in [1.54, 1.807) is 7.11 Å². The SMILES string of the molecule is COCCc1ccc(-c2cnc(C3CCCCN3)[nH]2)cc1. The zero-order valence-corrected chi connectivity index (χ0v) is 12.6. The van der Waals surface area contributed by atoms with E-state index in [-0.39, 0.29) is 0 Å². The molecule has 1 aromatic carbocycles. The summed E-state index contributed by atoms with van der Waals surface area (Å²) in [6, 6.07) is 9.00. The second-order valence-electron chi connectivity index (χ2n) is 5.62. The van der Waals surface area contributed by atoms with Crippen LogP contribution in [0.25, 0.3) is 11.3 Å². The quantitative estimate of drug-likeness (QED) is 0.887. The maximum atomic E-state index is 5.11. The molecule has 1 saturated heterocycles. The molecule has 0 radical (unpaired) electrons. The van der Waals surface area contributed by atoms with Crippen LogP contribution in [-0.2, 0) is 11.2 Å². The minimum Gasteiger partial charge on any atom is -0.384 e. The van der Waals surface area contributed by atoms with Crippen LogP contribution in [0.5, 0.6) is 0 Å². The number of H-pyrrole nitrogens is 1. The molecule has 0 spiro atoms. The first-order chi connectivity index (χ1) is 10.4. The Bertz CT molecular complexity index is 556. The molecule has 0 amide bonds. The molecule has 2 N–H and O–H groups in total. The van der Waals surface area contributed by atoms with E-state index in [1.165, 1.54) is 30.4 Å². The molecule has 4 nitrogen and oxygen atoms in total. The Morgan fingerprint density at radius 2 is 2.10 bits per heavy atom. The van der Waals surface area contributed by atoms with Crippen molar-refractivity contribution >= 4 is 0 Å². The second-order valence-corrected chi connectivity index (χ2v) is 5.62. The summed E-state index contributed by atoms with van der Waals surface area (Å²) in [5.74, 6) is 1.06. The van der Waals surface area contributed by atoms with Gasteiger partial charge in [0.25, 0.3) is 0 Å². The van der Waals surface area contributed by atoms with Gasteiger partial charge in [-0.25, -0.2) is 4.98 Å². The second kappa shape index (κ2) is 6.87. The minimum absolute atomic E-state index is 0.383. The van der Waals surface area contributed by atoms with Gasteiger partial charge in [0.1, 0.15) is 5.82 Å². The lowest BCUT2D eigenvalue weighted by atomic mass is 10.0. The van der Waals surface area contributed by atoms with Gasteiger partial charge in [0.05, 0.1) is 24.5 Å². The topological polar surface area (TPSA) is 49.9 Å². The maximum absolute atomic E-state index is 5.11. The van der Waals surface area contributed by atoms with Crippen molar-refractivity contribution in [2.75, 3.05) is 20.3 Å². The first-order valence-corrected chi connectivity index (χ1v) is 7.73. The van der Waals surface area contributed by atoms with E-state index < -0.39 is 0 Å². The van der Waals surface area contributed by atoms with E-state index in [9.17, 15) is 0 Å². The first kappa shape index (κ1) is 14.3. The highest BCUT2D eigenvalue weighted by molar-refractivity contribution is 5.58. The van der Waals surface area contributed by atoms with Crippen molar-refractivity contribution in [3.63, 3.8) is 0 Å². The van der Waals surface area contributed by atoms with E-state index in [0.29, 0.717) is 6.04 Å². The van der Waals surface area contributed by atoms with Gasteiger partial charge in [-0.15, -0.1) is 0 Å². The number of nitrogens with one attached hydrogen (secondary N) is 2. The Morgan fingerprint density at radius 3 is 2.81 bits per heavy atom. The molecule has 1 aromatic heterocycles. The molecule has 4 heteroatoms. The van der Waals surface area contributed by atoms with Crippen LogP contribution in [0.3, 0.4) is 0 Å². The van der Waals surface area contributed by atoms with Crippen LogP contribution in [0.1, 0.15) is 36.7 Å². The third-order valence-corrected chi connectivity index (χ3v) is 4.10. The maximum Gasteiger partial charge on any atom is 0.123 e. The number of methoxy groups -OCH3 is 1. The Labute approximate surface area is 125 Å². The van der Waals surface area contributed by atoms with Gasteiger partial charge in [-0.1, -0.05) is 30.7 Å². The highest BCUT2D eigenvalue weighted by Gasteiger charge is 2.17. The molecule has 2 heterocycles. The number of imidazole rings is 1. The molecule has 1 unspecified atom stereocenters. The van der Waals surface area contributed by atoms with E-state index in [1.807, 2.05) is 6.20 Å². The predicted octanol–water partition coefficient (Wildman–Crippen LogP) is 3.08. The van der Waals surface area contributed by atoms with Crippen LogP contribution in [0.4, 0.5) is 0 Å². The average Bonchev–Trinajstić information content (AvgIpc) is 3.04. The van der Waals surface area contributed by atoms with Crippen LogP contribution in [0.2, 0.25) is 0 Å². The van der Waals surface area contributed by atoms with Gasteiger partial charge in [-0.05, 0) is 36.9 Å². The molecule has 2 aromatic rings. The summed E-state index contributed by atoms with van der Waals surface area (Å²) in [5, 5.41) is 3.52. The lowest BCUT2D eigenvalue weighted by Crippen LogP contribution is -2.27. The van der Waals surface area contributed by atoms with Gasteiger partial charge in [0.15, 0.2) is 0 Å².